The summed E-state index contributed by atoms with van der Waals surface area (Å²) in [5.41, 5.74) is 7.03. The van der Waals surface area contributed by atoms with Crippen LogP contribution in [0.3, 0.4) is 0 Å². The number of carbonyl (C=O) groups is 1. The van der Waals surface area contributed by atoms with Gasteiger partial charge < -0.3 is 11.1 Å². The Morgan fingerprint density at radius 1 is 1.56 bits per heavy atom. The van der Waals surface area contributed by atoms with Crippen LogP contribution in [0.1, 0.15) is 30.1 Å². The van der Waals surface area contributed by atoms with Crippen molar-refractivity contribution in [3.8, 4) is 0 Å². The van der Waals surface area contributed by atoms with Crippen molar-refractivity contribution in [1.82, 2.24) is 19.9 Å². The van der Waals surface area contributed by atoms with Crippen molar-refractivity contribution < 1.29 is 4.79 Å². The molecule has 0 fully saturated rings. The Hall–Kier alpha value is -1.95. The molecule has 96 valence electrons. The maximum Gasteiger partial charge on any atom is 0.255 e. The molecule has 2 aromatic rings. The van der Waals surface area contributed by atoms with E-state index in [1.54, 1.807) is 29.3 Å². The summed E-state index contributed by atoms with van der Waals surface area (Å²) in [7, 11) is 0. The van der Waals surface area contributed by atoms with Gasteiger partial charge in [-0.05, 0) is 12.8 Å². The molecular weight excluding hydrogens is 230 g/mol. The first-order valence-corrected chi connectivity index (χ1v) is 6.03. The van der Waals surface area contributed by atoms with Gasteiger partial charge in [-0.25, -0.2) is 4.52 Å². The molecule has 0 radical (unpaired) electrons. The monoisotopic (exact) mass is 247 g/mol. The van der Waals surface area contributed by atoms with E-state index < -0.39 is 0 Å². The van der Waals surface area contributed by atoms with Gasteiger partial charge in [0.2, 0.25) is 0 Å². The molecule has 2 rings (SSSR count). The van der Waals surface area contributed by atoms with Crippen LogP contribution in [-0.4, -0.2) is 33.1 Å². The molecular formula is C12H17N5O. The van der Waals surface area contributed by atoms with Crippen molar-refractivity contribution in [2.24, 2.45) is 5.73 Å². The SMILES string of the molecule is CCC(N)CCNC(=O)c1cnn2ccncc12. The number of nitrogens with one attached hydrogen (secondary N) is 1. The van der Waals surface area contributed by atoms with Crippen LogP contribution in [0.5, 0.6) is 0 Å². The predicted octanol–water partition coefficient (Wildman–Crippen LogP) is 0.587. The van der Waals surface area contributed by atoms with E-state index in [1.807, 2.05) is 6.92 Å². The fourth-order valence-corrected chi connectivity index (χ4v) is 1.68. The highest BCUT2D eigenvalue weighted by Gasteiger charge is 2.12. The predicted molar refractivity (Wildman–Crippen MR) is 68.2 cm³/mol. The highest BCUT2D eigenvalue weighted by molar-refractivity contribution is 6.00. The van der Waals surface area contributed by atoms with Gasteiger partial charge in [-0.15, -0.1) is 0 Å². The first-order valence-electron chi connectivity index (χ1n) is 6.03. The van der Waals surface area contributed by atoms with Gasteiger partial charge in [0.15, 0.2) is 0 Å². The summed E-state index contributed by atoms with van der Waals surface area (Å²) in [4.78, 5) is 15.9. The van der Waals surface area contributed by atoms with Gasteiger partial charge in [-0.3, -0.25) is 9.78 Å². The van der Waals surface area contributed by atoms with Gasteiger partial charge in [0.1, 0.15) is 0 Å². The minimum atomic E-state index is -0.138. The Balaban J connectivity index is 2.01. The van der Waals surface area contributed by atoms with E-state index in [9.17, 15) is 4.79 Å². The van der Waals surface area contributed by atoms with Gasteiger partial charge in [0.25, 0.3) is 5.91 Å². The molecule has 0 spiro atoms. The smallest absolute Gasteiger partial charge is 0.255 e. The molecule has 0 bridgehead atoms. The Bertz CT molecular complexity index is 536. The summed E-state index contributed by atoms with van der Waals surface area (Å²) in [6.07, 6.45) is 8.20. The molecule has 0 aliphatic heterocycles. The summed E-state index contributed by atoms with van der Waals surface area (Å²) >= 11 is 0. The Morgan fingerprint density at radius 3 is 3.17 bits per heavy atom. The quantitative estimate of drug-likeness (QED) is 0.809. The van der Waals surface area contributed by atoms with Crippen molar-refractivity contribution in [2.45, 2.75) is 25.8 Å². The fourth-order valence-electron chi connectivity index (χ4n) is 1.68. The number of hydrogen-bond acceptors (Lipinski definition) is 4. The minimum absolute atomic E-state index is 0.135. The lowest BCUT2D eigenvalue weighted by Crippen LogP contribution is -2.30. The molecule has 1 atom stereocenters. The first-order chi connectivity index (χ1) is 8.72. The van der Waals surface area contributed by atoms with Crippen LogP contribution in [0.4, 0.5) is 0 Å². The minimum Gasteiger partial charge on any atom is -0.352 e. The van der Waals surface area contributed by atoms with Crippen LogP contribution in [0.15, 0.2) is 24.8 Å². The van der Waals surface area contributed by atoms with E-state index in [1.165, 1.54) is 0 Å². The van der Waals surface area contributed by atoms with E-state index in [-0.39, 0.29) is 11.9 Å². The largest absolute Gasteiger partial charge is 0.352 e. The van der Waals surface area contributed by atoms with E-state index in [4.69, 9.17) is 5.73 Å². The second kappa shape index (κ2) is 5.59. The Kier molecular flexibility index (Phi) is 3.88. The molecule has 6 nitrogen and oxygen atoms in total. The highest BCUT2D eigenvalue weighted by Crippen LogP contribution is 2.08. The highest BCUT2D eigenvalue weighted by atomic mass is 16.1. The summed E-state index contributed by atoms with van der Waals surface area (Å²) in [6.45, 7) is 2.61. The van der Waals surface area contributed by atoms with Crippen molar-refractivity contribution in [3.05, 3.63) is 30.4 Å². The third-order valence-electron chi connectivity index (χ3n) is 2.89. The van der Waals surface area contributed by atoms with E-state index in [0.29, 0.717) is 17.6 Å². The molecule has 6 heteroatoms. The molecule has 2 aromatic heterocycles. The molecule has 3 N–H and O–H groups in total. The Morgan fingerprint density at radius 2 is 2.39 bits per heavy atom. The fraction of sp³-hybridized carbons (Fsp3) is 0.417. The molecule has 1 amide bonds. The maximum absolute atomic E-state index is 12.0. The third-order valence-corrected chi connectivity index (χ3v) is 2.89. The van der Waals surface area contributed by atoms with Gasteiger partial charge in [0.05, 0.1) is 23.5 Å². The molecule has 0 aliphatic carbocycles. The average molecular weight is 247 g/mol. The van der Waals surface area contributed by atoms with E-state index in [2.05, 4.69) is 15.4 Å². The van der Waals surface area contributed by atoms with Crippen LogP contribution in [0.25, 0.3) is 5.52 Å². The van der Waals surface area contributed by atoms with Crippen LogP contribution in [0, 0.1) is 0 Å². The van der Waals surface area contributed by atoms with Gasteiger partial charge in [-0.1, -0.05) is 6.92 Å². The van der Waals surface area contributed by atoms with E-state index in [0.717, 1.165) is 12.8 Å². The summed E-state index contributed by atoms with van der Waals surface area (Å²) in [6, 6.07) is 0.135. The van der Waals surface area contributed by atoms with Gasteiger partial charge in [0, 0.05) is 25.0 Å². The van der Waals surface area contributed by atoms with Crippen molar-refractivity contribution in [3.63, 3.8) is 0 Å². The molecule has 0 saturated heterocycles. The second-order valence-electron chi connectivity index (χ2n) is 4.18. The van der Waals surface area contributed by atoms with Gasteiger partial charge in [-0.2, -0.15) is 5.10 Å². The zero-order valence-corrected chi connectivity index (χ0v) is 10.3. The molecule has 2 heterocycles. The molecule has 0 saturated carbocycles. The first kappa shape index (κ1) is 12.5. The van der Waals surface area contributed by atoms with Crippen LogP contribution in [0.2, 0.25) is 0 Å². The third kappa shape index (κ3) is 2.65. The number of amides is 1. The number of hydrogen-bond donors (Lipinski definition) is 2. The summed E-state index contributed by atoms with van der Waals surface area (Å²) in [5, 5.41) is 6.93. The molecule has 18 heavy (non-hydrogen) atoms. The number of carbonyl (C=O) groups excluding carboxylic acids is 1. The number of nitrogens with zero attached hydrogens (tertiary/aromatic N) is 3. The molecule has 0 aliphatic rings. The lowest BCUT2D eigenvalue weighted by molar-refractivity contribution is 0.0954. The van der Waals surface area contributed by atoms with Gasteiger partial charge >= 0.3 is 0 Å². The second-order valence-corrected chi connectivity index (χ2v) is 4.18. The lowest BCUT2D eigenvalue weighted by Gasteiger charge is -2.08. The Labute approximate surface area is 105 Å². The van der Waals surface area contributed by atoms with Crippen molar-refractivity contribution >= 4 is 11.4 Å². The van der Waals surface area contributed by atoms with Crippen LogP contribution < -0.4 is 11.1 Å². The normalized spacial score (nSPS) is 12.6. The summed E-state index contributed by atoms with van der Waals surface area (Å²) < 4.78 is 1.62. The number of rotatable bonds is 5. The number of aromatic nitrogens is 3. The topological polar surface area (TPSA) is 85.3 Å². The van der Waals surface area contributed by atoms with Crippen molar-refractivity contribution in [2.75, 3.05) is 6.54 Å². The van der Waals surface area contributed by atoms with Crippen LogP contribution >= 0.6 is 0 Å². The van der Waals surface area contributed by atoms with E-state index >= 15 is 0 Å². The maximum atomic E-state index is 12.0. The number of nitrogens with two attached hydrogens (primary N) is 1. The average Bonchev–Trinajstić information content (AvgIpc) is 2.82. The summed E-state index contributed by atoms with van der Waals surface area (Å²) in [5.74, 6) is -0.138. The zero-order chi connectivity index (χ0) is 13.0. The zero-order valence-electron chi connectivity index (χ0n) is 10.3. The van der Waals surface area contributed by atoms with Crippen LogP contribution in [-0.2, 0) is 0 Å². The standard InChI is InChI=1S/C12H17N5O/c1-2-9(13)3-4-15-12(18)10-7-16-17-6-5-14-8-11(10)17/h5-9H,2-4,13H2,1H3,(H,15,18). The molecule has 0 aromatic carbocycles. The molecule has 1 unspecified atom stereocenters. The lowest BCUT2D eigenvalue weighted by atomic mass is 10.1. The number of fused-ring (bicyclic) bond motifs is 1. The van der Waals surface area contributed by atoms with Crippen molar-refractivity contribution in [1.29, 1.82) is 0 Å².